The van der Waals surface area contributed by atoms with E-state index >= 15 is 0 Å². The van der Waals surface area contributed by atoms with Gasteiger partial charge >= 0.3 is 17.7 Å². The second kappa shape index (κ2) is 8.67. The number of halogens is 1. The number of tetrazole rings is 1. The Morgan fingerprint density at radius 2 is 2.10 bits per heavy atom. The molecule has 0 saturated carbocycles. The van der Waals surface area contributed by atoms with Crippen LogP contribution in [0.4, 0.5) is 0 Å². The number of hydrogen-bond donors (Lipinski definition) is 2. The maximum Gasteiger partial charge on any atom is 0.419 e. The van der Waals surface area contributed by atoms with Gasteiger partial charge in [0, 0.05) is 19.7 Å². The largest absolute Gasteiger partial charge is 0.477 e. The third-order valence-electron chi connectivity index (χ3n) is 3.92. The molecule has 0 unspecified atom stereocenters. The molecular weight excluding hydrogens is 422 g/mol. The van der Waals surface area contributed by atoms with Gasteiger partial charge in [0.25, 0.3) is 5.78 Å². The van der Waals surface area contributed by atoms with Gasteiger partial charge in [-0.3, -0.25) is 4.57 Å². The predicted molar refractivity (Wildman–Crippen MR) is 101 cm³/mol. The molecule has 0 saturated heterocycles. The van der Waals surface area contributed by atoms with E-state index in [1.54, 1.807) is 13.1 Å². The SMILES string of the molecule is COC(=O)c1cc(C(=O)O)nc2nnnn12.Cn1c(=O)oc2ccc(CNCl)cc21. The molecule has 13 nitrogen and oxygen atoms in total. The molecule has 1 aromatic carbocycles. The topological polar surface area (TPSA) is 167 Å². The normalized spacial score (nSPS) is 10.6. The highest BCUT2D eigenvalue weighted by Crippen LogP contribution is 2.14. The van der Waals surface area contributed by atoms with E-state index in [2.05, 4.69) is 30.1 Å². The number of methoxy groups -OCH3 is 1. The first-order valence-corrected chi connectivity index (χ1v) is 8.56. The van der Waals surface area contributed by atoms with E-state index in [1.165, 1.54) is 11.7 Å². The number of esters is 1. The fourth-order valence-electron chi connectivity index (χ4n) is 2.46. The van der Waals surface area contributed by atoms with Gasteiger partial charge in [-0.2, -0.15) is 4.52 Å². The number of aromatic nitrogens is 6. The van der Waals surface area contributed by atoms with Crippen molar-refractivity contribution in [3.63, 3.8) is 0 Å². The summed E-state index contributed by atoms with van der Waals surface area (Å²) in [5.41, 5.74) is 1.94. The number of carbonyl (C=O) groups excluding carboxylic acids is 1. The van der Waals surface area contributed by atoms with Crippen LogP contribution >= 0.6 is 11.8 Å². The quantitative estimate of drug-likeness (QED) is 0.336. The molecule has 0 bridgehead atoms. The molecule has 0 radical (unpaired) electrons. The maximum atomic E-state index is 11.3. The lowest BCUT2D eigenvalue weighted by Gasteiger charge is -2.01. The van der Waals surface area contributed by atoms with Crippen LogP contribution < -0.4 is 10.6 Å². The summed E-state index contributed by atoms with van der Waals surface area (Å²) in [6.07, 6.45) is 0. The first-order valence-electron chi connectivity index (χ1n) is 8.18. The van der Waals surface area contributed by atoms with Gasteiger partial charge in [-0.15, -0.1) is 0 Å². The Morgan fingerprint density at radius 3 is 2.77 bits per heavy atom. The molecule has 0 aliphatic heterocycles. The van der Waals surface area contributed by atoms with E-state index in [4.69, 9.17) is 21.3 Å². The van der Waals surface area contributed by atoms with E-state index in [0.29, 0.717) is 12.1 Å². The van der Waals surface area contributed by atoms with Crippen molar-refractivity contribution in [2.45, 2.75) is 6.54 Å². The molecule has 0 spiro atoms. The monoisotopic (exact) mass is 435 g/mol. The minimum Gasteiger partial charge on any atom is -0.477 e. The van der Waals surface area contributed by atoms with Gasteiger partial charge in [-0.05, 0) is 39.9 Å². The summed E-state index contributed by atoms with van der Waals surface area (Å²) in [5, 5.41) is 19.0. The number of oxazole rings is 1. The van der Waals surface area contributed by atoms with Gasteiger partial charge in [0.05, 0.1) is 12.6 Å². The van der Waals surface area contributed by atoms with E-state index in [-0.39, 0.29) is 22.9 Å². The van der Waals surface area contributed by atoms with Crippen LogP contribution in [0.1, 0.15) is 26.5 Å². The van der Waals surface area contributed by atoms with Crippen molar-refractivity contribution in [1.29, 1.82) is 0 Å². The summed E-state index contributed by atoms with van der Waals surface area (Å²) in [5.74, 6) is -2.46. The van der Waals surface area contributed by atoms with Gasteiger partial charge in [0.15, 0.2) is 17.0 Å². The van der Waals surface area contributed by atoms with Gasteiger partial charge < -0.3 is 14.3 Å². The fourth-order valence-corrected chi connectivity index (χ4v) is 2.61. The average molecular weight is 436 g/mol. The second-order valence-electron chi connectivity index (χ2n) is 5.75. The predicted octanol–water partition coefficient (Wildman–Crippen LogP) is 0.379. The Hall–Kier alpha value is -3.84. The number of nitrogens with zero attached hydrogens (tertiary/aromatic N) is 6. The van der Waals surface area contributed by atoms with Gasteiger partial charge in [-0.25, -0.2) is 24.2 Å². The first kappa shape index (κ1) is 20.9. The van der Waals surface area contributed by atoms with Crippen molar-refractivity contribution in [3.8, 4) is 0 Å². The van der Waals surface area contributed by atoms with Crippen molar-refractivity contribution in [2.24, 2.45) is 7.05 Å². The van der Waals surface area contributed by atoms with Crippen LogP contribution in [0.25, 0.3) is 16.9 Å². The molecule has 4 rings (SSSR count). The van der Waals surface area contributed by atoms with Crippen LogP contribution in [-0.2, 0) is 18.3 Å². The molecule has 30 heavy (non-hydrogen) atoms. The zero-order valence-electron chi connectivity index (χ0n) is 15.6. The van der Waals surface area contributed by atoms with Crippen molar-refractivity contribution >= 4 is 40.6 Å². The van der Waals surface area contributed by atoms with E-state index in [0.717, 1.165) is 21.7 Å². The molecular formula is C16H14ClN7O6. The minimum atomic E-state index is -1.28. The van der Waals surface area contributed by atoms with Crippen molar-refractivity contribution < 1.29 is 23.8 Å². The van der Waals surface area contributed by atoms with Crippen molar-refractivity contribution in [1.82, 2.24) is 34.4 Å². The van der Waals surface area contributed by atoms with Gasteiger partial charge in [0.1, 0.15) is 0 Å². The van der Waals surface area contributed by atoms with Crippen LogP contribution in [-0.4, -0.2) is 53.7 Å². The van der Waals surface area contributed by atoms with Crippen molar-refractivity contribution in [2.75, 3.05) is 7.11 Å². The molecule has 0 aliphatic carbocycles. The number of rotatable bonds is 4. The molecule has 0 atom stereocenters. The summed E-state index contributed by atoms with van der Waals surface area (Å²) < 4.78 is 11.9. The van der Waals surface area contributed by atoms with Crippen LogP contribution in [0.3, 0.4) is 0 Å². The number of carboxylic acids is 1. The number of fused-ring (bicyclic) bond motifs is 2. The third kappa shape index (κ3) is 4.11. The molecule has 0 aliphatic rings. The molecule has 0 amide bonds. The highest BCUT2D eigenvalue weighted by atomic mass is 35.5. The molecule has 14 heteroatoms. The third-order valence-corrected chi connectivity index (χ3v) is 4.05. The number of ether oxygens (including phenoxy) is 1. The molecule has 3 heterocycles. The van der Waals surface area contributed by atoms with Crippen LogP contribution in [0.15, 0.2) is 33.5 Å². The number of aromatic carboxylic acids is 1. The summed E-state index contributed by atoms with van der Waals surface area (Å²) in [6.45, 7) is 0.552. The average Bonchev–Trinajstić information content (AvgIpc) is 3.32. The summed E-state index contributed by atoms with van der Waals surface area (Å²) in [4.78, 5) is 39.4. The number of benzene rings is 1. The first-order chi connectivity index (χ1) is 14.3. The minimum absolute atomic E-state index is 0.0831. The lowest BCUT2D eigenvalue weighted by molar-refractivity contribution is 0.0590. The number of aryl methyl sites for hydroxylation is 1. The second-order valence-corrected chi connectivity index (χ2v) is 6.02. The number of carboxylic acid groups (broad SMARTS) is 1. The lowest BCUT2D eigenvalue weighted by Crippen LogP contribution is -2.13. The van der Waals surface area contributed by atoms with Gasteiger partial charge in [-0.1, -0.05) is 11.2 Å². The smallest absolute Gasteiger partial charge is 0.419 e. The van der Waals surface area contributed by atoms with Crippen LogP contribution in [0.2, 0.25) is 0 Å². The zero-order chi connectivity index (χ0) is 21.8. The molecule has 2 N–H and O–H groups in total. The maximum absolute atomic E-state index is 11.3. The lowest BCUT2D eigenvalue weighted by atomic mass is 10.2. The Labute approximate surface area is 171 Å². The Balaban J connectivity index is 0.000000172. The van der Waals surface area contributed by atoms with Gasteiger partial charge in [0.2, 0.25) is 0 Å². The van der Waals surface area contributed by atoms with E-state index in [1.807, 2.05) is 12.1 Å². The summed E-state index contributed by atoms with van der Waals surface area (Å²) >= 11 is 5.39. The number of nitrogens with one attached hydrogen (secondary N) is 1. The number of hydrogen-bond acceptors (Lipinski definition) is 10. The molecule has 4 aromatic rings. The standard InChI is InChI=1S/C9H9ClN2O2.C7H5N5O4/c1-12-7-4-6(5-11-10)2-3-8(7)14-9(12)13;1-16-6(15)4-2-3(5(13)14)8-7-9-10-11-12(4)7/h2-4,11H,5H2,1H3;2H,1H3,(H,13,14). The highest BCUT2D eigenvalue weighted by Gasteiger charge is 2.18. The van der Waals surface area contributed by atoms with Crippen LogP contribution in [0.5, 0.6) is 0 Å². The molecule has 0 fully saturated rings. The van der Waals surface area contributed by atoms with E-state index in [9.17, 15) is 14.4 Å². The Bertz CT molecular complexity index is 1290. The summed E-state index contributed by atoms with van der Waals surface area (Å²) in [7, 11) is 2.84. The Kier molecular flexibility index (Phi) is 6.03. The molecule has 3 aromatic heterocycles. The summed E-state index contributed by atoms with van der Waals surface area (Å²) in [6, 6.07) is 6.54. The Morgan fingerprint density at radius 1 is 1.33 bits per heavy atom. The highest BCUT2D eigenvalue weighted by molar-refractivity contribution is 6.13. The van der Waals surface area contributed by atoms with Crippen molar-refractivity contribution in [3.05, 3.63) is 51.8 Å². The number of carbonyl (C=O) groups is 2. The van der Waals surface area contributed by atoms with Crippen LogP contribution in [0, 0.1) is 0 Å². The molecule has 156 valence electrons. The zero-order valence-corrected chi connectivity index (χ0v) is 16.3. The fraction of sp³-hybridized carbons (Fsp3) is 0.188. The van der Waals surface area contributed by atoms with E-state index < -0.39 is 11.9 Å².